The molecule has 0 fully saturated rings. The summed E-state index contributed by atoms with van der Waals surface area (Å²) in [5, 5.41) is 1.23. The molecule has 0 radical (unpaired) electrons. The number of fused-ring (bicyclic) bond motifs is 6. The van der Waals surface area contributed by atoms with E-state index in [1.807, 2.05) is 91.0 Å². The van der Waals surface area contributed by atoms with Crippen LogP contribution in [-0.4, -0.2) is 14.5 Å². The minimum atomic E-state index is -0.712. The summed E-state index contributed by atoms with van der Waals surface area (Å²) in [4.78, 5) is 10.1. The van der Waals surface area contributed by atoms with Gasteiger partial charge in [0, 0.05) is 38.4 Å². The summed E-state index contributed by atoms with van der Waals surface area (Å²) >= 11 is 0. The first-order chi connectivity index (χ1) is 29.8. The molecule has 234 valence electrons. The van der Waals surface area contributed by atoms with Crippen molar-refractivity contribution in [2.75, 3.05) is 0 Å². The maximum Gasteiger partial charge on any atom is 0.164 e. The van der Waals surface area contributed by atoms with E-state index in [1.165, 1.54) is 0 Å². The van der Waals surface area contributed by atoms with Crippen molar-refractivity contribution < 1.29 is 20.9 Å². The Morgan fingerprint density at radius 1 is 0.500 bits per heavy atom. The Balaban J connectivity index is 1.40. The molecule has 0 aliphatic carbocycles. The van der Waals surface area contributed by atoms with Gasteiger partial charge in [-0.25, -0.2) is 9.97 Å². The van der Waals surface area contributed by atoms with Crippen LogP contribution in [-0.2, 0) is 0 Å². The molecule has 7 aromatic carbocycles. The second kappa shape index (κ2) is 11.4. The molecule has 4 nitrogen and oxygen atoms in total. The standard InChI is InChI=1S/C46H29N3O/c1-3-14-30(15-4-1)31-16-11-17-32(28-31)40-29-41(48-46(47-40)39-25-13-23-37-35-21-8-10-27-43(35)50-45(37)39)38-24-12-22-36-34-20-7-9-26-42(34)49(44(36)38)33-18-5-2-6-19-33/h1-29H/i2D,5D,6D,7D,9D,12D,18D,19D,20D,22D,24D,26D. The van der Waals surface area contributed by atoms with Crippen LogP contribution in [0.5, 0.6) is 0 Å². The number of aromatic nitrogens is 3. The summed E-state index contributed by atoms with van der Waals surface area (Å²) in [7, 11) is 0. The molecule has 3 aromatic heterocycles. The number of para-hydroxylation sites is 5. The van der Waals surface area contributed by atoms with Crippen molar-refractivity contribution in [3.63, 3.8) is 0 Å². The molecule has 10 aromatic rings. The summed E-state index contributed by atoms with van der Waals surface area (Å²) in [6.07, 6.45) is 0. The van der Waals surface area contributed by atoms with Crippen molar-refractivity contribution in [2.24, 2.45) is 0 Å². The van der Waals surface area contributed by atoms with Gasteiger partial charge in [0.15, 0.2) is 5.82 Å². The second-order valence-corrected chi connectivity index (χ2v) is 11.7. The van der Waals surface area contributed by atoms with Gasteiger partial charge >= 0.3 is 0 Å². The SMILES string of the molecule is [2H]c1c([2H])c([2H])c(-n2c3c([2H])c([2H])c([2H])c([2H])c3c3c([2H])c([2H])c([2H])c(-c4cc(-c5cccc(-c6ccccc6)c5)nc(-c5cccc6c5oc5ccccc56)n4)c32)c([2H])c1[2H]. The number of rotatable bonds is 5. The smallest absolute Gasteiger partial charge is 0.164 e. The first kappa shape index (κ1) is 18.7. The molecule has 10 rings (SSSR count). The summed E-state index contributed by atoms with van der Waals surface area (Å²) in [6, 6.07) is 24.4. The Hall–Kier alpha value is -6.78. The predicted octanol–water partition coefficient (Wildman–Crippen LogP) is 12.1. The molecule has 0 bridgehead atoms. The number of hydrogen-bond donors (Lipinski definition) is 0. The van der Waals surface area contributed by atoms with E-state index in [-0.39, 0.29) is 38.9 Å². The summed E-state index contributed by atoms with van der Waals surface area (Å²) in [6.45, 7) is 0. The minimum Gasteiger partial charge on any atom is -0.455 e. The quantitative estimate of drug-likeness (QED) is 0.186. The molecule has 0 spiro atoms. The van der Waals surface area contributed by atoms with Crippen LogP contribution in [0.15, 0.2) is 180 Å². The fourth-order valence-electron chi connectivity index (χ4n) is 6.59. The van der Waals surface area contributed by atoms with Crippen LogP contribution in [0.2, 0.25) is 0 Å². The van der Waals surface area contributed by atoms with Crippen molar-refractivity contribution >= 4 is 43.7 Å². The van der Waals surface area contributed by atoms with E-state index in [4.69, 9.17) is 28.1 Å². The van der Waals surface area contributed by atoms with Crippen molar-refractivity contribution in [3.05, 3.63) is 176 Å². The largest absolute Gasteiger partial charge is 0.455 e. The van der Waals surface area contributed by atoms with E-state index in [9.17, 15) is 2.74 Å². The summed E-state index contributed by atoms with van der Waals surface area (Å²) in [5.41, 5.74) is 3.37. The van der Waals surface area contributed by atoms with Gasteiger partial charge in [0.25, 0.3) is 0 Å². The van der Waals surface area contributed by atoms with Gasteiger partial charge in [-0.05, 0) is 53.5 Å². The summed E-state index contributed by atoms with van der Waals surface area (Å²) < 4.78 is 115. The zero-order valence-electron chi connectivity index (χ0n) is 38.1. The molecule has 3 heterocycles. The van der Waals surface area contributed by atoms with Crippen LogP contribution in [0, 0.1) is 0 Å². The highest BCUT2D eigenvalue weighted by molar-refractivity contribution is 6.14. The molecule has 0 amide bonds. The maximum atomic E-state index is 9.54. The molecule has 0 saturated heterocycles. The Bertz CT molecular complexity index is 3540. The average Bonchev–Trinajstić information content (AvgIpc) is 3.85. The zero-order valence-corrected chi connectivity index (χ0v) is 26.1. The normalized spacial score (nSPS) is 15.0. The molecule has 50 heavy (non-hydrogen) atoms. The number of furan rings is 1. The molecule has 4 heteroatoms. The average molecular weight is 652 g/mol. The van der Waals surface area contributed by atoms with E-state index >= 15 is 0 Å². The molecular weight excluding hydrogens is 611 g/mol. The van der Waals surface area contributed by atoms with Crippen LogP contribution in [0.25, 0.3) is 94.5 Å². The van der Waals surface area contributed by atoms with Gasteiger partial charge in [-0.1, -0.05) is 133 Å². The fourth-order valence-corrected chi connectivity index (χ4v) is 6.59. The molecule has 0 N–H and O–H groups in total. The zero-order chi connectivity index (χ0) is 43.5. The van der Waals surface area contributed by atoms with E-state index < -0.39 is 78.2 Å². The van der Waals surface area contributed by atoms with Crippen molar-refractivity contribution in [1.29, 1.82) is 0 Å². The molecule has 0 atom stereocenters. The molecule has 0 saturated carbocycles. The van der Waals surface area contributed by atoms with Gasteiger partial charge in [-0.3, -0.25) is 0 Å². The molecule has 0 aliphatic rings. The minimum absolute atomic E-state index is 0.0263. The lowest BCUT2D eigenvalue weighted by Gasteiger charge is -2.14. The highest BCUT2D eigenvalue weighted by Gasteiger charge is 2.21. The molecular formula is C46H29N3O. The van der Waals surface area contributed by atoms with Crippen LogP contribution >= 0.6 is 0 Å². The van der Waals surface area contributed by atoms with Gasteiger partial charge in [-0.2, -0.15) is 0 Å². The second-order valence-electron chi connectivity index (χ2n) is 11.7. The van der Waals surface area contributed by atoms with Crippen molar-refractivity contribution in [2.45, 2.75) is 0 Å². The molecule has 0 aliphatic heterocycles. The Kier molecular flexibility index (Phi) is 4.27. The van der Waals surface area contributed by atoms with E-state index in [0.29, 0.717) is 28.0 Å². The van der Waals surface area contributed by atoms with E-state index in [0.717, 1.165) is 26.5 Å². The van der Waals surface area contributed by atoms with E-state index in [2.05, 4.69) is 0 Å². The van der Waals surface area contributed by atoms with Crippen molar-refractivity contribution in [1.82, 2.24) is 14.5 Å². The first-order valence-corrected chi connectivity index (χ1v) is 15.9. The van der Waals surface area contributed by atoms with E-state index in [1.54, 1.807) is 12.1 Å². The highest BCUT2D eigenvalue weighted by Crippen LogP contribution is 2.40. The highest BCUT2D eigenvalue weighted by atomic mass is 16.3. The number of benzene rings is 7. The number of hydrogen-bond acceptors (Lipinski definition) is 3. The lowest BCUT2D eigenvalue weighted by atomic mass is 10.00. The van der Waals surface area contributed by atoms with Gasteiger partial charge in [0.1, 0.15) is 11.2 Å². The van der Waals surface area contributed by atoms with Crippen LogP contribution in [0.4, 0.5) is 0 Å². The third-order valence-electron chi connectivity index (χ3n) is 8.82. The van der Waals surface area contributed by atoms with Gasteiger partial charge < -0.3 is 8.98 Å². The van der Waals surface area contributed by atoms with Gasteiger partial charge in [-0.15, -0.1) is 0 Å². The topological polar surface area (TPSA) is 43.9 Å². The van der Waals surface area contributed by atoms with Crippen molar-refractivity contribution in [3.8, 4) is 50.7 Å². The number of nitrogens with zero attached hydrogens (tertiary/aromatic N) is 3. The maximum absolute atomic E-state index is 9.54. The lowest BCUT2D eigenvalue weighted by molar-refractivity contribution is 0.669. The van der Waals surface area contributed by atoms with Gasteiger partial charge in [0.2, 0.25) is 0 Å². The fraction of sp³-hybridized carbons (Fsp3) is 0. The molecule has 0 unspecified atom stereocenters. The van der Waals surface area contributed by atoms with Gasteiger partial charge in [0.05, 0.1) is 44.4 Å². The Labute approximate surface area is 305 Å². The summed E-state index contributed by atoms with van der Waals surface area (Å²) in [5.74, 6) is 0.149. The van der Waals surface area contributed by atoms with Crippen LogP contribution in [0.1, 0.15) is 16.4 Å². The third kappa shape index (κ3) is 4.54. The monoisotopic (exact) mass is 651 g/mol. The van der Waals surface area contributed by atoms with Crippen LogP contribution in [0.3, 0.4) is 0 Å². The third-order valence-corrected chi connectivity index (χ3v) is 8.82. The Morgan fingerprint density at radius 3 is 2.14 bits per heavy atom. The first-order valence-electron chi connectivity index (χ1n) is 21.9. The Morgan fingerprint density at radius 2 is 1.22 bits per heavy atom. The predicted molar refractivity (Wildman–Crippen MR) is 205 cm³/mol. The van der Waals surface area contributed by atoms with Crippen LogP contribution < -0.4 is 0 Å². The lowest BCUT2D eigenvalue weighted by Crippen LogP contribution is -1.99.